The minimum absolute atomic E-state index is 0.0917. The lowest BCUT2D eigenvalue weighted by molar-refractivity contribution is -0.149. The third-order valence-corrected chi connectivity index (χ3v) is 9.22. The van der Waals surface area contributed by atoms with Crippen LogP contribution in [0.2, 0.25) is 0 Å². The summed E-state index contributed by atoms with van der Waals surface area (Å²) < 4.78 is 27.7. The van der Waals surface area contributed by atoms with Gasteiger partial charge >= 0.3 is 5.97 Å². The number of amides is 1. The Morgan fingerprint density at radius 3 is 2.57 bits per heavy atom. The lowest BCUT2D eigenvalue weighted by atomic mass is 9.93. The van der Waals surface area contributed by atoms with Gasteiger partial charge in [0, 0.05) is 49.6 Å². The van der Waals surface area contributed by atoms with Crippen LogP contribution in [0.15, 0.2) is 84.9 Å². The number of rotatable bonds is 8. The molecule has 240 valence electrons. The second-order valence-corrected chi connectivity index (χ2v) is 12.1. The van der Waals surface area contributed by atoms with E-state index in [1.165, 1.54) is 11.6 Å². The molecule has 2 aliphatic rings. The molecule has 2 aliphatic heterocycles. The molecule has 0 unspecified atom stereocenters. The number of esters is 1. The first-order valence-electron chi connectivity index (χ1n) is 16.0. The Morgan fingerprint density at radius 1 is 0.957 bits per heavy atom. The van der Waals surface area contributed by atoms with E-state index in [1.807, 2.05) is 65.3 Å². The number of ether oxygens (including phenoxy) is 2. The Hall–Kier alpha value is -5.09. The number of carbonyl (C=O) groups is 2. The lowest BCUT2D eigenvalue weighted by Gasteiger charge is -2.35. The zero-order chi connectivity index (χ0) is 32.5. The van der Waals surface area contributed by atoms with Crippen molar-refractivity contribution in [3.8, 4) is 22.5 Å². The maximum Gasteiger partial charge on any atom is 0.310 e. The quantitative estimate of drug-likeness (QED) is 0.154. The smallest absolute Gasteiger partial charge is 0.310 e. The third kappa shape index (κ3) is 5.96. The molecule has 2 aromatic heterocycles. The van der Waals surface area contributed by atoms with E-state index in [2.05, 4.69) is 12.1 Å². The number of hydrogen-bond donors (Lipinski definition) is 0. The number of aromatic nitrogens is 3. The van der Waals surface area contributed by atoms with Crippen LogP contribution in [0.4, 0.5) is 10.1 Å². The number of methoxy groups -OCH3 is 1. The summed E-state index contributed by atoms with van der Waals surface area (Å²) in [5, 5.41) is 4.78. The van der Waals surface area contributed by atoms with Gasteiger partial charge in [0.25, 0.3) is 5.91 Å². The fourth-order valence-corrected chi connectivity index (χ4v) is 6.67. The van der Waals surface area contributed by atoms with Crippen LogP contribution in [0.1, 0.15) is 41.0 Å². The summed E-state index contributed by atoms with van der Waals surface area (Å²) in [4.78, 5) is 35.1. The number of hydrogen-bond acceptors (Lipinski definition) is 7. The van der Waals surface area contributed by atoms with Crippen molar-refractivity contribution in [3.63, 3.8) is 0 Å². The predicted octanol–water partition coefficient (Wildman–Crippen LogP) is 5.98. The van der Waals surface area contributed by atoms with Crippen LogP contribution in [0.3, 0.4) is 0 Å². The predicted molar refractivity (Wildman–Crippen MR) is 177 cm³/mol. The highest BCUT2D eigenvalue weighted by Gasteiger charge is 2.31. The molecule has 4 heterocycles. The third-order valence-electron chi connectivity index (χ3n) is 9.22. The number of carbonyl (C=O) groups excluding carboxylic acids is 2. The molecular formula is C37H36FN5O4. The second-order valence-electron chi connectivity index (χ2n) is 12.1. The van der Waals surface area contributed by atoms with Crippen LogP contribution in [-0.2, 0) is 20.7 Å². The maximum atomic E-state index is 15.8. The highest BCUT2D eigenvalue weighted by atomic mass is 19.1. The second kappa shape index (κ2) is 13.0. The largest absolute Gasteiger partial charge is 0.463 e. The van der Waals surface area contributed by atoms with Gasteiger partial charge in [-0.25, -0.2) is 13.9 Å². The van der Waals surface area contributed by atoms with E-state index in [0.29, 0.717) is 66.6 Å². The molecular weight excluding hydrogens is 597 g/mol. The minimum atomic E-state index is -0.435. The van der Waals surface area contributed by atoms with Crippen LogP contribution < -0.4 is 4.90 Å². The van der Waals surface area contributed by atoms with Crippen molar-refractivity contribution < 1.29 is 23.5 Å². The fourth-order valence-electron chi connectivity index (χ4n) is 6.67. The number of nitrogens with zero attached hydrogens (tertiary/aromatic N) is 5. The van der Waals surface area contributed by atoms with Gasteiger partial charge in [0.1, 0.15) is 18.1 Å². The van der Waals surface area contributed by atoms with Crippen LogP contribution in [-0.4, -0.2) is 71.3 Å². The normalized spacial score (nSPS) is 17.6. The van der Waals surface area contributed by atoms with Crippen LogP contribution in [0, 0.1) is 11.7 Å². The number of halogens is 1. The molecule has 2 atom stereocenters. The van der Waals surface area contributed by atoms with Crippen molar-refractivity contribution in [3.05, 3.63) is 108 Å². The number of fused-ring (bicyclic) bond motifs is 2. The molecule has 1 saturated heterocycles. The zero-order valence-corrected chi connectivity index (χ0v) is 26.4. The number of anilines is 1. The molecule has 3 aromatic carbocycles. The average Bonchev–Trinajstić information content (AvgIpc) is 3.77. The molecule has 9 nitrogen and oxygen atoms in total. The van der Waals surface area contributed by atoms with Crippen LogP contribution in [0.25, 0.3) is 28.2 Å². The molecule has 7 rings (SSSR count). The molecule has 10 heteroatoms. The molecule has 1 fully saturated rings. The summed E-state index contributed by atoms with van der Waals surface area (Å²) in [5.74, 6) is -1.12. The molecule has 0 saturated carbocycles. The Morgan fingerprint density at radius 2 is 1.77 bits per heavy atom. The Bertz CT molecular complexity index is 1940. The maximum absolute atomic E-state index is 15.8. The van der Waals surface area contributed by atoms with Crippen molar-refractivity contribution in [1.82, 2.24) is 19.5 Å². The first-order valence-corrected chi connectivity index (χ1v) is 16.0. The van der Waals surface area contributed by atoms with Crippen molar-refractivity contribution in [2.75, 3.05) is 44.9 Å². The first kappa shape index (κ1) is 30.6. The minimum Gasteiger partial charge on any atom is -0.463 e. The van der Waals surface area contributed by atoms with Gasteiger partial charge < -0.3 is 19.3 Å². The monoisotopic (exact) mass is 633 g/mol. The summed E-state index contributed by atoms with van der Waals surface area (Å²) in [5.41, 5.74) is 6.14. The Balaban J connectivity index is 1.19. The Labute approximate surface area is 272 Å². The van der Waals surface area contributed by atoms with E-state index >= 15 is 4.39 Å². The molecule has 1 amide bonds. The van der Waals surface area contributed by atoms with E-state index in [1.54, 1.807) is 29.8 Å². The highest BCUT2D eigenvalue weighted by Crippen LogP contribution is 2.33. The van der Waals surface area contributed by atoms with Crippen molar-refractivity contribution in [1.29, 1.82) is 0 Å². The zero-order valence-electron chi connectivity index (χ0n) is 26.4. The highest BCUT2D eigenvalue weighted by molar-refractivity contribution is 5.94. The summed E-state index contributed by atoms with van der Waals surface area (Å²) in [7, 11) is 1.56. The molecule has 5 aromatic rings. The standard InChI is InChI=1S/C37H36FN5O4/c1-24-29-11-7-6-8-25(29)15-17-42(24)36(44)33-21-34(26-9-4-3-5-10-26)43-35(39-33)22-32(40-43)30-13-12-28(20-31(30)38)41-16-14-27(23-41)37(45)47-19-18-46-2/h3-13,20-22,24,27H,14-19,23H2,1-2H3/t24-,27+/m1/s1. The van der Waals surface area contributed by atoms with E-state index in [4.69, 9.17) is 19.6 Å². The van der Waals surface area contributed by atoms with Crippen molar-refractivity contribution in [2.24, 2.45) is 5.92 Å². The van der Waals surface area contributed by atoms with E-state index in [0.717, 1.165) is 17.5 Å². The lowest BCUT2D eigenvalue weighted by Crippen LogP contribution is -2.39. The summed E-state index contributed by atoms with van der Waals surface area (Å²) >= 11 is 0. The van der Waals surface area contributed by atoms with E-state index in [-0.39, 0.29) is 30.4 Å². The van der Waals surface area contributed by atoms with Crippen LogP contribution >= 0.6 is 0 Å². The van der Waals surface area contributed by atoms with Gasteiger partial charge in [-0.05, 0) is 55.2 Å². The van der Waals surface area contributed by atoms with Gasteiger partial charge in [-0.3, -0.25) is 9.59 Å². The van der Waals surface area contributed by atoms with Crippen molar-refractivity contribution in [2.45, 2.75) is 25.8 Å². The molecule has 47 heavy (non-hydrogen) atoms. The van der Waals surface area contributed by atoms with Gasteiger partial charge in [-0.15, -0.1) is 0 Å². The molecule has 0 bridgehead atoms. The average molecular weight is 634 g/mol. The van der Waals surface area contributed by atoms with Crippen molar-refractivity contribution >= 4 is 23.2 Å². The van der Waals surface area contributed by atoms with Gasteiger partial charge in [0.15, 0.2) is 5.65 Å². The van der Waals surface area contributed by atoms with Gasteiger partial charge in [-0.2, -0.15) is 5.10 Å². The fraction of sp³-hybridized carbons (Fsp3) is 0.297. The Kier molecular flexibility index (Phi) is 8.43. The summed E-state index contributed by atoms with van der Waals surface area (Å²) in [6.07, 6.45) is 1.42. The molecule has 0 N–H and O–H groups in total. The van der Waals surface area contributed by atoms with E-state index in [9.17, 15) is 9.59 Å². The van der Waals surface area contributed by atoms with E-state index < -0.39 is 5.82 Å². The first-order chi connectivity index (χ1) is 22.9. The van der Waals surface area contributed by atoms with Gasteiger partial charge in [-0.1, -0.05) is 54.6 Å². The number of benzene rings is 3. The molecule has 0 aliphatic carbocycles. The topological polar surface area (TPSA) is 89.3 Å². The van der Waals surface area contributed by atoms with Crippen LogP contribution in [0.5, 0.6) is 0 Å². The molecule has 0 spiro atoms. The summed E-state index contributed by atoms with van der Waals surface area (Å²) in [6, 6.07) is 26.4. The molecule has 0 radical (unpaired) electrons. The van der Waals surface area contributed by atoms with Gasteiger partial charge in [0.05, 0.1) is 30.0 Å². The van der Waals surface area contributed by atoms with Gasteiger partial charge in [0.2, 0.25) is 0 Å². The summed E-state index contributed by atoms with van der Waals surface area (Å²) in [6.45, 7) is 4.30. The SMILES string of the molecule is COCCOC(=O)[C@H]1CCN(c2ccc(-c3cc4nc(C(=O)N5CCc6ccccc6[C@H]5C)cc(-c5ccccc5)n4n3)c(F)c2)C1.